The molecule has 0 saturated heterocycles. The highest BCUT2D eigenvalue weighted by Crippen LogP contribution is 2.34. The van der Waals surface area contributed by atoms with Crippen LogP contribution in [0.5, 0.6) is 11.5 Å². The van der Waals surface area contributed by atoms with Gasteiger partial charge in [-0.25, -0.2) is 0 Å². The quantitative estimate of drug-likeness (QED) is 0.495. The summed E-state index contributed by atoms with van der Waals surface area (Å²) >= 11 is 5.56. The highest BCUT2D eigenvalue weighted by Gasteiger charge is 2.16. The van der Waals surface area contributed by atoms with E-state index >= 15 is 0 Å². The molecule has 0 saturated carbocycles. The number of hydrogen-bond acceptors (Lipinski definition) is 4. The second kappa shape index (κ2) is 6.66. The summed E-state index contributed by atoms with van der Waals surface area (Å²) in [5.41, 5.74) is 6.57. The Hall–Kier alpha value is -1.42. The number of carbonyl (C=O) groups is 1. The van der Waals surface area contributed by atoms with Crippen LogP contribution in [0.2, 0.25) is 0 Å². The van der Waals surface area contributed by atoms with Crippen LogP contribution in [0, 0.1) is 0 Å². The van der Waals surface area contributed by atoms with Crippen molar-refractivity contribution in [2.45, 2.75) is 39.9 Å². The lowest BCUT2D eigenvalue weighted by Gasteiger charge is -2.18. The van der Waals surface area contributed by atoms with E-state index in [1.165, 1.54) is 0 Å². The molecule has 0 aliphatic heterocycles. The van der Waals surface area contributed by atoms with Gasteiger partial charge in [0.2, 0.25) is 0 Å². The van der Waals surface area contributed by atoms with Crippen molar-refractivity contribution in [3.8, 4) is 11.5 Å². The Bertz CT molecular complexity index is 458. The number of nitrogens with two attached hydrogens (primary N) is 1. The number of rotatable bonds is 6. The Balaban J connectivity index is 3.23. The highest BCUT2D eigenvalue weighted by atomic mass is 35.5. The number of benzene rings is 1. The van der Waals surface area contributed by atoms with Crippen LogP contribution in [0.4, 0.5) is 5.69 Å². The summed E-state index contributed by atoms with van der Waals surface area (Å²) < 4.78 is 11.3. The summed E-state index contributed by atoms with van der Waals surface area (Å²) in [4.78, 5) is 11.7. The fourth-order valence-electron chi connectivity index (χ4n) is 1.58. The van der Waals surface area contributed by atoms with Crippen molar-refractivity contribution in [3.05, 3.63) is 17.7 Å². The van der Waals surface area contributed by atoms with Crippen molar-refractivity contribution in [2.24, 2.45) is 0 Å². The van der Waals surface area contributed by atoms with Crippen molar-refractivity contribution in [2.75, 3.05) is 11.6 Å². The average molecular weight is 286 g/mol. The van der Waals surface area contributed by atoms with E-state index in [9.17, 15) is 4.79 Å². The molecular weight excluding hydrogens is 266 g/mol. The molecule has 0 unspecified atom stereocenters. The average Bonchev–Trinajstić information content (AvgIpc) is 2.30. The Morgan fingerprint density at radius 1 is 1.16 bits per heavy atom. The lowest BCUT2D eigenvalue weighted by Crippen LogP contribution is -2.13. The van der Waals surface area contributed by atoms with E-state index in [4.69, 9.17) is 26.8 Å². The van der Waals surface area contributed by atoms with Gasteiger partial charge >= 0.3 is 0 Å². The molecule has 106 valence electrons. The van der Waals surface area contributed by atoms with E-state index in [0.29, 0.717) is 22.7 Å². The van der Waals surface area contributed by atoms with E-state index in [1.807, 2.05) is 27.7 Å². The van der Waals surface area contributed by atoms with Gasteiger partial charge in [-0.05, 0) is 33.8 Å². The number of halogens is 1. The normalized spacial score (nSPS) is 10.9. The molecule has 0 heterocycles. The highest BCUT2D eigenvalue weighted by molar-refractivity contribution is 6.31. The fraction of sp³-hybridized carbons (Fsp3) is 0.500. The summed E-state index contributed by atoms with van der Waals surface area (Å²) in [6.07, 6.45) is -0.0411. The minimum atomic E-state index is -0.233. The largest absolute Gasteiger partial charge is 0.487 e. The van der Waals surface area contributed by atoms with Crippen LogP contribution in [0.15, 0.2) is 12.1 Å². The first-order valence-electron chi connectivity index (χ1n) is 6.21. The summed E-state index contributed by atoms with van der Waals surface area (Å²) in [5.74, 6) is 0.693. The van der Waals surface area contributed by atoms with E-state index in [2.05, 4.69) is 0 Å². The van der Waals surface area contributed by atoms with Crippen LogP contribution in [-0.2, 0) is 0 Å². The number of nitrogen functional groups attached to an aromatic ring is 1. The molecule has 5 heteroatoms. The monoisotopic (exact) mass is 285 g/mol. The zero-order valence-electron chi connectivity index (χ0n) is 11.7. The minimum Gasteiger partial charge on any atom is -0.487 e. The van der Waals surface area contributed by atoms with Crippen molar-refractivity contribution in [1.82, 2.24) is 0 Å². The number of hydrogen-bond donors (Lipinski definition) is 1. The van der Waals surface area contributed by atoms with Gasteiger partial charge in [-0.3, -0.25) is 4.79 Å². The fourth-order valence-corrected chi connectivity index (χ4v) is 1.73. The van der Waals surface area contributed by atoms with Crippen molar-refractivity contribution < 1.29 is 14.3 Å². The molecule has 0 spiro atoms. The third-order valence-electron chi connectivity index (χ3n) is 2.26. The van der Waals surface area contributed by atoms with Gasteiger partial charge in [0, 0.05) is 17.3 Å². The van der Waals surface area contributed by atoms with Crippen molar-refractivity contribution in [3.63, 3.8) is 0 Å². The number of Topliss-reactive ketones (excluding diaryl/α,β-unsaturated/α-hetero) is 1. The third-order valence-corrected chi connectivity index (χ3v) is 2.51. The van der Waals surface area contributed by atoms with Gasteiger partial charge in [0.1, 0.15) is 0 Å². The van der Waals surface area contributed by atoms with E-state index in [1.54, 1.807) is 12.1 Å². The van der Waals surface area contributed by atoms with Crippen LogP contribution in [0.3, 0.4) is 0 Å². The zero-order valence-corrected chi connectivity index (χ0v) is 12.5. The van der Waals surface area contributed by atoms with Gasteiger partial charge in [-0.2, -0.15) is 0 Å². The molecule has 4 nitrogen and oxygen atoms in total. The maximum atomic E-state index is 11.7. The maximum absolute atomic E-state index is 11.7. The van der Waals surface area contributed by atoms with Gasteiger partial charge in [-0.1, -0.05) is 0 Å². The molecule has 0 bridgehead atoms. The summed E-state index contributed by atoms with van der Waals surface area (Å²) in [6.45, 7) is 7.62. The van der Waals surface area contributed by atoms with Gasteiger partial charge in [0.05, 0.1) is 18.1 Å². The summed E-state index contributed by atoms with van der Waals surface area (Å²) in [7, 11) is 0. The Morgan fingerprint density at radius 2 is 1.63 bits per heavy atom. The first-order valence-corrected chi connectivity index (χ1v) is 6.74. The smallest absolute Gasteiger partial charge is 0.179 e. The number of anilines is 1. The predicted molar refractivity (Wildman–Crippen MR) is 77.4 cm³/mol. The van der Waals surface area contributed by atoms with Gasteiger partial charge in [0.15, 0.2) is 17.3 Å². The number of carbonyl (C=O) groups excluding carboxylic acids is 1. The van der Waals surface area contributed by atoms with Crippen LogP contribution in [-0.4, -0.2) is 23.9 Å². The zero-order chi connectivity index (χ0) is 14.6. The third kappa shape index (κ3) is 4.31. The SMILES string of the molecule is CC(C)Oc1cc(N)c(C(=O)CCl)cc1OC(C)C. The number of ether oxygens (including phenoxy) is 2. The molecule has 1 aromatic carbocycles. The molecule has 0 radical (unpaired) electrons. The number of alkyl halides is 1. The lowest BCUT2D eigenvalue weighted by molar-refractivity contribution is 0.102. The lowest BCUT2D eigenvalue weighted by atomic mass is 10.1. The molecule has 1 rings (SSSR count). The summed E-state index contributed by atoms with van der Waals surface area (Å²) in [6, 6.07) is 3.20. The molecule has 0 amide bonds. The first kappa shape index (κ1) is 15.6. The van der Waals surface area contributed by atoms with Gasteiger partial charge in [0.25, 0.3) is 0 Å². The molecule has 0 aliphatic carbocycles. The summed E-state index contributed by atoms with van der Waals surface area (Å²) in [5, 5.41) is 0. The van der Waals surface area contributed by atoms with E-state index < -0.39 is 0 Å². The minimum absolute atomic E-state index is 0.0107. The second-order valence-electron chi connectivity index (χ2n) is 4.78. The second-order valence-corrected chi connectivity index (χ2v) is 5.04. The van der Waals surface area contributed by atoms with Crippen LogP contribution >= 0.6 is 11.6 Å². The molecule has 0 aliphatic rings. The Morgan fingerprint density at radius 3 is 2.05 bits per heavy atom. The van der Waals surface area contributed by atoms with E-state index in [0.717, 1.165) is 0 Å². The molecule has 1 aromatic rings. The number of ketones is 1. The molecule has 0 atom stereocenters. The van der Waals surface area contributed by atoms with Crippen molar-refractivity contribution >= 4 is 23.1 Å². The first-order chi connectivity index (χ1) is 8.85. The maximum Gasteiger partial charge on any atom is 0.179 e. The topological polar surface area (TPSA) is 61.5 Å². The molecule has 0 aromatic heterocycles. The van der Waals surface area contributed by atoms with Crippen molar-refractivity contribution in [1.29, 1.82) is 0 Å². The Labute approximate surface area is 118 Å². The molecular formula is C14H20ClNO3. The molecule has 2 N–H and O–H groups in total. The van der Waals surface area contributed by atoms with Gasteiger partial charge in [-0.15, -0.1) is 11.6 Å². The van der Waals surface area contributed by atoms with Crippen LogP contribution < -0.4 is 15.2 Å². The standard InChI is InChI=1S/C14H20ClNO3/c1-8(2)18-13-5-10(12(17)7-15)11(16)6-14(13)19-9(3)4/h5-6,8-9H,7,16H2,1-4H3. The predicted octanol–water partition coefficient (Wildman–Crippen LogP) is 3.26. The molecule has 0 fully saturated rings. The van der Waals surface area contributed by atoms with Gasteiger partial charge < -0.3 is 15.2 Å². The Kier molecular flexibility index (Phi) is 5.48. The van der Waals surface area contributed by atoms with Crippen LogP contribution in [0.25, 0.3) is 0 Å². The molecule has 19 heavy (non-hydrogen) atoms. The van der Waals surface area contributed by atoms with Crippen LogP contribution in [0.1, 0.15) is 38.1 Å². The van der Waals surface area contributed by atoms with E-state index in [-0.39, 0.29) is 23.9 Å².